The molecule has 7 nitrogen and oxygen atoms in total. The maximum atomic E-state index is 12.9. The molecule has 1 heterocycles. The van der Waals surface area contributed by atoms with E-state index in [0.29, 0.717) is 23.2 Å². The van der Waals surface area contributed by atoms with E-state index < -0.39 is 6.04 Å². The van der Waals surface area contributed by atoms with Crippen molar-refractivity contribution in [2.24, 2.45) is 0 Å². The fourth-order valence-corrected chi connectivity index (χ4v) is 2.95. The number of nitrogens with one attached hydrogen (secondary N) is 3. The van der Waals surface area contributed by atoms with E-state index in [9.17, 15) is 9.59 Å². The number of amides is 2. The van der Waals surface area contributed by atoms with E-state index >= 15 is 0 Å². The lowest BCUT2D eigenvalue weighted by Gasteiger charge is -2.19. The number of rotatable bonds is 7. The Morgan fingerprint density at radius 2 is 1.79 bits per heavy atom. The minimum atomic E-state index is -0.639. The van der Waals surface area contributed by atoms with Crippen molar-refractivity contribution in [1.29, 1.82) is 0 Å². The van der Waals surface area contributed by atoms with Crippen LogP contribution in [0.3, 0.4) is 0 Å². The number of aryl methyl sites for hydroxylation is 1. The van der Waals surface area contributed by atoms with Crippen molar-refractivity contribution in [3.05, 3.63) is 77.6 Å². The van der Waals surface area contributed by atoms with Gasteiger partial charge in [-0.15, -0.1) is 0 Å². The molecule has 29 heavy (non-hydrogen) atoms. The van der Waals surface area contributed by atoms with Gasteiger partial charge in [-0.2, -0.15) is 0 Å². The first-order valence-corrected chi connectivity index (χ1v) is 9.55. The molecule has 1 aliphatic rings. The molecule has 0 aliphatic heterocycles. The number of hydrogen-bond donors (Lipinski definition) is 3. The molecule has 3 aromatic rings. The highest BCUT2D eigenvalue weighted by Gasteiger charge is 2.24. The molecule has 1 saturated carbocycles. The summed E-state index contributed by atoms with van der Waals surface area (Å²) < 4.78 is 5.01. The number of carbonyl (C=O) groups excluding carboxylic acids is 2. The van der Waals surface area contributed by atoms with E-state index in [2.05, 4.69) is 21.1 Å². The zero-order valence-electron chi connectivity index (χ0n) is 16.0. The van der Waals surface area contributed by atoms with Crippen molar-refractivity contribution >= 4 is 23.3 Å². The highest BCUT2D eigenvalue weighted by molar-refractivity contribution is 5.97. The summed E-state index contributed by atoms with van der Waals surface area (Å²) in [6.07, 6.45) is 2.09. The van der Waals surface area contributed by atoms with E-state index in [-0.39, 0.29) is 11.8 Å². The van der Waals surface area contributed by atoms with E-state index in [1.54, 1.807) is 37.3 Å². The van der Waals surface area contributed by atoms with Gasteiger partial charge in [-0.1, -0.05) is 35.5 Å². The summed E-state index contributed by atoms with van der Waals surface area (Å²) >= 11 is 0. The van der Waals surface area contributed by atoms with Crippen LogP contribution in [0.1, 0.15) is 40.6 Å². The zero-order chi connectivity index (χ0) is 20.2. The highest BCUT2D eigenvalue weighted by atomic mass is 16.5. The molecule has 1 unspecified atom stereocenters. The van der Waals surface area contributed by atoms with Crippen molar-refractivity contribution in [3.63, 3.8) is 0 Å². The second kappa shape index (κ2) is 8.18. The van der Waals surface area contributed by atoms with Crippen molar-refractivity contribution in [2.75, 3.05) is 10.6 Å². The Morgan fingerprint density at radius 1 is 1.07 bits per heavy atom. The molecule has 4 rings (SSSR count). The van der Waals surface area contributed by atoms with Gasteiger partial charge in [0.25, 0.3) is 11.8 Å². The van der Waals surface area contributed by atoms with Crippen LogP contribution in [0.5, 0.6) is 0 Å². The quantitative estimate of drug-likeness (QED) is 0.572. The third kappa shape index (κ3) is 4.82. The maximum absolute atomic E-state index is 12.9. The van der Waals surface area contributed by atoms with E-state index in [1.807, 2.05) is 30.3 Å². The second-order valence-electron chi connectivity index (χ2n) is 7.13. The SMILES string of the molecule is Cc1cc(NC(=O)C(Nc2ccc(C(=O)NC3CC3)cc2)c2ccccc2)no1. The first-order valence-electron chi connectivity index (χ1n) is 9.55. The lowest BCUT2D eigenvalue weighted by Crippen LogP contribution is -2.27. The van der Waals surface area contributed by atoms with Gasteiger partial charge in [0.15, 0.2) is 5.82 Å². The fraction of sp³-hybridized carbons (Fsp3) is 0.227. The molecule has 2 amide bonds. The Hall–Kier alpha value is -3.61. The predicted molar refractivity (Wildman–Crippen MR) is 110 cm³/mol. The van der Waals surface area contributed by atoms with Crippen LogP contribution < -0.4 is 16.0 Å². The van der Waals surface area contributed by atoms with Gasteiger partial charge in [-0.25, -0.2) is 0 Å². The third-order valence-electron chi connectivity index (χ3n) is 4.64. The van der Waals surface area contributed by atoms with Crippen LogP contribution in [0.4, 0.5) is 11.5 Å². The Morgan fingerprint density at radius 3 is 2.41 bits per heavy atom. The number of anilines is 2. The van der Waals surface area contributed by atoms with Crippen molar-refractivity contribution < 1.29 is 14.1 Å². The minimum Gasteiger partial charge on any atom is -0.370 e. The molecule has 0 spiro atoms. The molecule has 7 heteroatoms. The van der Waals surface area contributed by atoms with Gasteiger partial charge < -0.3 is 20.5 Å². The molecule has 0 bridgehead atoms. The van der Waals surface area contributed by atoms with E-state index in [0.717, 1.165) is 24.1 Å². The molecule has 1 aromatic heterocycles. The van der Waals surface area contributed by atoms with Gasteiger partial charge in [0, 0.05) is 23.4 Å². The summed E-state index contributed by atoms with van der Waals surface area (Å²) in [7, 11) is 0. The van der Waals surface area contributed by atoms with Gasteiger partial charge in [0.2, 0.25) is 0 Å². The first-order chi connectivity index (χ1) is 14.1. The molecule has 1 aliphatic carbocycles. The summed E-state index contributed by atoms with van der Waals surface area (Å²) in [4.78, 5) is 25.1. The smallest absolute Gasteiger partial charge is 0.252 e. The fourth-order valence-electron chi connectivity index (χ4n) is 2.95. The van der Waals surface area contributed by atoms with Crippen LogP contribution in [0.15, 0.2) is 65.2 Å². The van der Waals surface area contributed by atoms with Crippen LogP contribution >= 0.6 is 0 Å². The molecule has 1 atom stereocenters. The standard InChI is InChI=1S/C22H22N4O3/c1-14-13-19(26-29-14)25-22(28)20(15-5-3-2-4-6-15)23-17-9-7-16(8-10-17)21(27)24-18-11-12-18/h2-10,13,18,20,23H,11-12H2,1H3,(H,24,27)(H,25,26,28). The molecule has 148 valence electrons. The Labute approximate surface area is 168 Å². The van der Waals surface area contributed by atoms with Gasteiger partial charge in [0.05, 0.1) is 0 Å². The number of hydrogen-bond acceptors (Lipinski definition) is 5. The van der Waals surface area contributed by atoms with Gasteiger partial charge in [-0.3, -0.25) is 9.59 Å². The Bertz CT molecular complexity index is 994. The third-order valence-corrected chi connectivity index (χ3v) is 4.64. The van der Waals surface area contributed by atoms with Crippen LogP contribution in [0, 0.1) is 6.92 Å². The van der Waals surface area contributed by atoms with Crippen molar-refractivity contribution in [1.82, 2.24) is 10.5 Å². The van der Waals surface area contributed by atoms with E-state index in [1.165, 1.54) is 0 Å². The molecule has 0 radical (unpaired) electrons. The van der Waals surface area contributed by atoms with Crippen LogP contribution in [-0.4, -0.2) is 23.0 Å². The van der Waals surface area contributed by atoms with Gasteiger partial charge >= 0.3 is 0 Å². The molecule has 2 aromatic carbocycles. The predicted octanol–water partition coefficient (Wildman–Crippen LogP) is 3.67. The Balaban J connectivity index is 1.50. The topological polar surface area (TPSA) is 96.3 Å². The summed E-state index contributed by atoms with van der Waals surface area (Å²) in [5.41, 5.74) is 2.13. The first kappa shape index (κ1) is 18.7. The normalized spacial score (nSPS) is 14.1. The monoisotopic (exact) mass is 390 g/mol. The number of aromatic nitrogens is 1. The minimum absolute atomic E-state index is 0.0715. The number of carbonyl (C=O) groups is 2. The van der Waals surface area contributed by atoms with Gasteiger partial charge in [0.1, 0.15) is 11.8 Å². The number of nitrogens with zero attached hydrogens (tertiary/aromatic N) is 1. The summed E-state index contributed by atoms with van der Waals surface area (Å²) in [5, 5.41) is 12.8. The van der Waals surface area contributed by atoms with Crippen molar-refractivity contribution in [2.45, 2.75) is 31.8 Å². The van der Waals surface area contributed by atoms with Crippen LogP contribution in [-0.2, 0) is 4.79 Å². The lowest BCUT2D eigenvalue weighted by atomic mass is 10.1. The lowest BCUT2D eigenvalue weighted by molar-refractivity contribution is -0.117. The highest BCUT2D eigenvalue weighted by Crippen LogP contribution is 2.23. The average molecular weight is 390 g/mol. The molecular weight excluding hydrogens is 368 g/mol. The summed E-state index contributed by atoms with van der Waals surface area (Å²) in [5.74, 6) is 0.643. The largest absolute Gasteiger partial charge is 0.370 e. The van der Waals surface area contributed by atoms with E-state index in [4.69, 9.17) is 4.52 Å². The Kier molecular flexibility index (Phi) is 5.29. The molecule has 1 fully saturated rings. The number of benzene rings is 2. The molecular formula is C22H22N4O3. The average Bonchev–Trinajstić information content (AvgIpc) is 3.46. The van der Waals surface area contributed by atoms with Crippen molar-refractivity contribution in [3.8, 4) is 0 Å². The van der Waals surface area contributed by atoms with Crippen LogP contribution in [0.25, 0.3) is 0 Å². The summed E-state index contributed by atoms with van der Waals surface area (Å²) in [6, 6.07) is 17.8. The summed E-state index contributed by atoms with van der Waals surface area (Å²) in [6.45, 7) is 1.76. The maximum Gasteiger partial charge on any atom is 0.252 e. The van der Waals surface area contributed by atoms with Gasteiger partial charge in [-0.05, 0) is 49.6 Å². The second-order valence-corrected chi connectivity index (χ2v) is 7.13. The zero-order valence-corrected chi connectivity index (χ0v) is 16.0. The molecule has 0 saturated heterocycles. The molecule has 3 N–H and O–H groups in total. The van der Waals surface area contributed by atoms with Crippen LogP contribution in [0.2, 0.25) is 0 Å².